The van der Waals surface area contributed by atoms with E-state index in [0.29, 0.717) is 47.3 Å². The summed E-state index contributed by atoms with van der Waals surface area (Å²) in [6, 6.07) is 19.3. The van der Waals surface area contributed by atoms with Crippen molar-refractivity contribution in [2.24, 2.45) is 0 Å². The van der Waals surface area contributed by atoms with Gasteiger partial charge in [-0.25, -0.2) is 4.39 Å². The van der Waals surface area contributed by atoms with Gasteiger partial charge in [0.1, 0.15) is 12.4 Å². The second-order valence-corrected chi connectivity index (χ2v) is 7.46. The fourth-order valence-corrected chi connectivity index (χ4v) is 3.37. The molecule has 0 saturated carbocycles. The van der Waals surface area contributed by atoms with E-state index in [1.807, 2.05) is 43.3 Å². The van der Waals surface area contributed by atoms with Gasteiger partial charge in [-0.1, -0.05) is 41.9 Å². The first-order chi connectivity index (χ1) is 15.5. The second-order valence-electron chi connectivity index (χ2n) is 7.03. The quantitative estimate of drug-likeness (QED) is 0.197. The van der Waals surface area contributed by atoms with Gasteiger partial charge in [-0.3, -0.25) is 0 Å². The number of nitriles is 1. The van der Waals surface area contributed by atoms with E-state index >= 15 is 0 Å². The standard InChI is InChI=1S/C27H23ClFNO2/c1-3-6-22-13-20(14-23(17-30)21-7-5-8-25(29)16-21)15-26(31-4-2)27(22)32-18-19-9-11-24(28)12-10-19/h3,5,7-16H,1,4,6,18H2,2H3/b23-14-. The number of hydrogen-bond donors (Lipinski definition) is 0. The summed E-state index contributed by atoms with van der Waals surface area (Å²) in [5.41, 5.74) is 3.47. The minimum absolute atomic E-state index is 0.351. The van der Waals surface area contributed by atoms with Gasteiger partial charge in [0.25, 0.3) is 0 Å². The van der Waals surface area contributed by atoms with Crippen LogP contribution in [0.25, 0.3) is 11.6 Å². The van der Waals surface area contributed by atoms with Crippen molar-refractivity contribution in [2.45, 2.75) is 20.0 Å². The molecule has 0 N–H and O–H groups in total. The summed E-state index contributed by atoms with van der Waals surface area (Å²) >= 11 is 5.96. The highest BCUT2D eigenvalue weighted by Crippen LogP contribution is 2.36. The number of allylic oxidation sites excluding steroid dienone is 2. The van der Waals surface area contributed by atoms with Crippen LogP contribution in [-0.4, -0.2) is 6.61 Å². The van der Waals surface area contributed by atoms with Crippen molar-refractivity contribution in [3.8, 4) is 17.6 Å². The molecular formula is C27H23ClFNO2. The number of benzene rings is 3. The van der Waals surface area contributed by atoms with Crippen LogP contribution in [0.15, 0.2) is 73.3 Å². The van der Waals surface area contributed by atoms with Gasteiger partial charge >= 0.3 is 0 Å². The molecule has 3 rings (SSSR count). The number of ether oxygens (including phenoxy) is 2. The van der Waals surface area contributed by atoms with Gasteiger partial charge in [0.2, 0.25) is 0 Å². The Morgan fingerprint density at radius 1 is 1.12 bits per heavy atom. The summed E-state index contributed by atoms with van der Waals surface area (Å²) in [5, 5.41) is 10.3. The first-order valence-corrected chi connectivity index (χ1v) is 10.6. The minimum atomic E-state index is -0.392. The molecule has 32 heavy (non-hydrogen) atoms. The van der Waals surface area contributed by atoms with Gasteiger partial charge in [-0.15, -0.1) is 6.58 Å². The minimum Gasteiger partial charge on any atom is -0.490 e. The molecule has 0 unspecified atom stereocenters. The van der Waals surface area contributed by atoms with Crippen LogP contribution >= 0.6 is 11.6 Å². The maximum atomic E-state index is 13.6. The van der Waals surface area contributed by atoms with E-state index < -0.39 is 5.82 Å². The summed E-state index contributed by atoms with van der Waals surface area (Å²) in [4.78, 5) is 0. The molecule has 0 aromatic heterocycles. The van der Waals surface area contributed by atoms with Crippen LogP contribution in [0.5, 0.6) is 11.5 Å². The Labute approximate surface area is 193 Å². The van der Waals surface area contributed by atoms with Crippen LogP contribution < -0.4 is 9.47 Å². The summed E-state index contributed by atoms with van der Waals surface area (Å²) in [6.45, 7) is 6.54. The molecule has 0 fully saturated rings. The molecule has 0 atom stereocenters. The lowest BCUT2D eigenvalue weighted by atomic mass is 10.0. The van der Waals surface area contributed by atoms with Gasteiger partial charge in [0.05, 0.1) is 18.2 Å². The number of hydrogen-bond acceptors (Lipinski definition) is 3. The van der Waals surface area contributed by atoms with Crippen LogP contribution in [0.2, 0.25) is 5.02 Å². The lowest BCUT2D eigenvalue weighted by Crippen LogP contribution is -2.03. The summed E-state index contributed by atoms with van der Waals surface area (Å²) in [5.74, 6) is 0.809. The number of rotatable bonds is 9. The van der Waals surface area contributed by atoms with Crippen LogP contribution in [0, 0.1) is 17.1 Å². The molecule has 3 nitrogen and oxygen atoms in total. The summed E-state index contributed by atoms with van der Waals surface area (Å²) in [6.07, 6.45) is 4.05. The molecule has 0 spiro atoms. The molecule has 0 aliphatic heterocycles. The summed E-state index contributed by atoms with van der Waals surface area (Å²) < 4.78 is 25.6. The molecule has 0 bridgehead atoms. The fraction of sp³-hybridized carbons (Fsp3) is 0.148. The highest BCUT2D eigenvalue weighted by Gasteiger charge is 2.14. The largest absolute Gasteiger partial charge is 0.490 e. The van der Waals surface area contributed by atoms with E-state index in [1.54, 1.807) is 24.3 Å². The van der Waals surface area contributed by atoms with Crippen molar-refractivity contribution in [2.75, 3.05) is 6.61 Å². The predicted molar refractivity (Wildman–Crippen MR) is 127 cm³/mol. The van der Waals surface area contributed by atoms with Crippen molar-refractivity contribution in [3.05, 3.63) is 106 Å². The Bertz CT molecular complexity index is 1160. The third-order valence-electron chi connectivity index (χ3n) is 4.68. The molecule has 0 heterocycles. The van der Waals surface area contributed by atoms with Crippen molar-refractivity contribution in [1.82, 2.24) is 0 Å². The third kappa shape index (κ3) is 6.00. The van der Waals surface area contributed by atoms with E-state index in [9.17, 15) is 9.65 Å². The van der Waals surface area contributed by atoms with E-state index in [0.717, 1.165) is 16.7 Å². The average Bonchev–Trinajstić information content (AvgIpc) is 2.78. The topological polar surface area (TPSA) is 42.2 Å². The van der Waals surface area contributed by atoms with Gasteiger partial charge < -0.3 is 9.47 Å². The van der Waals surface area contributed by atoms with Gasteiger partial charge in [-0.2, -0.15) is 5.26 Å². The highest BCUT2D eigenvalue weighted by molar-refractivity contribution is 6.30. The van der Waals surface area contributed by atoms with Gasteiger partial charge in [-0.05, 0) is 72.5 Å². The Morgan fingerprint density at radius 2 is 1.91 bits per heavy atom. The predicted octanol–water partition coefficient (Wildman–Crippen LogP) is 7.25. The SMILES string of the molecule is C=CCc1cc(/C=C(/C#N)c2cccc(F)c2)cc(OCC)c1OCc1ccc(Cl)cc1. The highest BCUT2D eigenvalue weighted by atomic mass is 35.5. The molecule has 0 amide bonds. The van der Waals surface area contributed by atoms with Crippen molar-refractivity contribution in [1.29, 1.82) is 5.26 Å². The average molecular weight is 448 g/mol. The molecule has 0 saturated heterocycles. The number of nitrogens with zero attached hydrogens (tertiary/aromatic N) is 1. The maximum absolute atomic E-state index is 13.6. The second kappa shape index (κ2) is 11.2. The third-order valence-corrected chi connectivity index (χ3v) is 4.93. The molecule has 3 aromatic carbocycles. The molecule has 0 aliphatic rings. The Balaban J connectivity index is 2.00. The smallest absolute Gasteiger partial charge is 0.165 e. The molecule has 0 radical (unpaired) electrons. The first kappa shape index (κ1) is 23.1. The Hall–Kier alpha value is -3.55. The van der Waals surface area contributed by atoms with Gasteiger partial charge in [0.15, 0.2) is 11.5 Å². The zero-order chi connectivity index (χ0) is 22.9. The lowest BCUT2D eigenvalue weighted by molar-refractivity contribution is 0.267. The molecule has 5 heteroatoms. The Morgan fingerprint density at radius 3 is 2.56 bits per heavy atom. The maximum Gasteiger partial charge on any atom is 0.165 e. The van der Waals surface area contributed by atoms with Crippen LogP contribution in [-0.2, 0) is 13.0 Å². The first-order valence-electron chi connectivity index (χ1n) is 10.2. The van der Waals surface area contributed by atoms with Crippen molar-refractivity contribution >= 4 is 23.3 Å². The van der Waals surface area contributed by atoms with Crippen LogP contribution in [0.1, 0.15) is 29.2 Å². The van der Waals surface area contributed by atoms with Crippen molar-refractivity contribution in [3.63, 3.8) is 0 Å². The number of halogens is 2. The van der Waals surface area contributed by atoms with E-state index in [-0.39, 0.29) is 0 Å². The van der Waals surface area contributed by atoms with Gasteiger partial charge in [0, 0.05) is 10.6 Å². The molecule has 0 aliphatic carbocycles. The van der Waals surface area contributed by atoms with E-state index in [4.69, 9.17) is 21.1 Å². The monoisotopic (exact) mass is 447 g/mol. The zero-order valence-electron chi connectivity index (χ0n) is 17.8. The molecule has 3 aromatic rings. The van der Waals surface area contributed by atoms with E-state index in [1.165, 1.54) is 12.1 Å². The lowest BCUT2D eigenvalue weighted by Gasteiger charge is -2.17. The van der Waals surface area contributed by atoms with Crippen LogP contribution in [0.3, 0.4) is 0 Å². The molecular weight excluding hydrogens is 425 g/mol. The summed E-state index contributed by atoms with van der Waals surface area (Å²) in [7, 11) is 0. The fourth-order valence-electron chi connectivity index (χ4n) is 3.24. The Kier molecular flexibility index (Phi) is 8.08. The van der Waals surface area contributed by atoms with Crippen LogP contribution in [0.4, 0.5) is 4.39 Å². The van der Waals surface area contributed by atoms with Crippen molar-refractivity contribution < 1.29 is 13.9 Å². The normalized spacial score (nSPS) is 11.0. The zero-order valence-corrected chi connectivity index (χ0v) is 18.5. The molecule has 162 valence electrons. The van der Waals surface area contributed by atoms with E-state index in [2.05, 4.69) is 12.6 Å².